The maximum absolute atomic E-state index is 13.1. The average Bonchev–Trinajstić information content (AvgIpc) is 2.44. The lowest BCUT2D eigenvalue weighted by molar-refractivity contribution is 0.127. The Bertz CT molecular complexity index is 479. The van der Waals surface area contributed by atoms with Gasteiger partial charge in [0.15, 0.2) is 0 Å². The quantitative estimate of drug-likeness (QED) is 0.877. The minimum atomic E-state index is -0.361. The van der Waals surface area contributed by atoms with Crippen LogP contribution >= 0.6 is 15.9 Å². The maximum atomic E-state index is 13.1. The van der Waals surface area contributed by atoms with Crippen LogP contribution in [-0.4, -0.2) is 60.3 Å². The fourth-order valence-corrected chi connectivity index (χ4v) is 2.47. The van der Waals surface area contributed by atoms with E-state index in [1.807, 2.05) is 0 Å². The van der Waals surface area contributed by atoms with Crippen LogP contribution in [0.3, 0.4) is 0 Å². The van der Waals surface area contributed by atoms with Gasteiger partial charge in [-0.3, -0.25) is 4.90 Å². The second-order valence-corrected chi connectivity index (χ2v) is 5.47. The zero-order chi connectivity index (χ0) is 14.5. The van der Waals surface area contributed by atoms with Gasteiger partial charge in [0, 0.05) is 38.4 Å². The number of hydrogen-bond donors (Lipinski definition) is 2. The molecule has 1 aliphatic rings. The van der Waals surface area contributed by atoms with Gasteiger partial charge in [0.25, 0.3) is 0 Å². The number of urea groups is 1. The molecule has 1 fully saturated rings. The summed E-state index contributed by atoms with van der Waals surface area (Å²) >= 11 is 3.09. The summed E-state index contributed by atoms with van der Waals surface area (Å²) in [5.41, 5.74) is 0.557. The van der Waals surface area contributed by atoms with Gasteiger partial charge in [0.05, 0.1) is 11.1 Å². The number of amides is 2. The van der Waals surface area contributed by atoms with Crippen LogP contribution in [0.15, 0.2) is 22.7 Å². The highest BCUT2D eigenvalue weighted by Gasteiger charge is 2.20. The Hall–Kier alpha value is -1.18. The Balaban J connectivity index is 1.88. The summed E-state index contributed by atoms with van der Waals surface area (Å²) in [4.78, 5) is 15.9. The minimum Gasteiger partial charge on any atom is -0.395 e. The molecule has 0 unspecified atom stereocenters. The van der Waals surface area contributed by atoms with E-state index in [2.05, 4.69) is 26.1 Å². The summed E-state index contributed by atoms with van der Waals surface area (Å²) in [5, 5.41) is 11.6. The molecule has 2 N–H and O–H groups in total. The van der Waals surface area contributed by atoms with Crippen LogP contribution < -0.4 is 5.32 Å². The third-order valence-corrected chi connectivity index (χ3v) is 3.85. The lowest BCUT2D eigenvalue weighted by Gasteiger charge is -2.34. The number of halogens is 2. The lowest BCUT2D eigenvalue weighted by Crippen LogP contribution is -2.50. The molecule has 0 aromatic heterocycles. The van der Waals surface area contributed by atoms with Crippen LogP contribution in [0.4, 0.5) is 14.9 Å². The Labute approximate surface area is 125 Å². The van der Waals surface area contributed by atoms with Gasteiger partial charge in [-0.15, -0.1) is 0 Å². The molecular weight excluding hydrogens is 329 g/mol. The van der Waals surface area contributed by atoms with E-state index in [4.69, 9.17) is 5.11 Å². The summed E-state index contributed by atoms with van der Waals surface area (Å²) in [6, 6.07) is 4.18. The Kier molecular flexibility index (Phi) is 5.33. The zero-order valence-corrected chi connectivity index (χ0v) is 12.6. The van der Waals surface area contributed by atoms with Crippen molar-refractivity contribution < 1.29 is 14.3 Å². The maximum Gasteiger partial charge on any atom is 0.321 e. The molecule has 1 saturated heterocycles. The Morgan fingerprint density at radius 3 is 2.65 bits per heavy atom. The first-order valence-electron chi connectivity index (χ1n) is 6.44. The molecule has 0 bridgehead atoms. The molecule has 5 nitrogen and oxygen atoms in total. The van der Waals surface area contributed by atoms with Crippen molar-refractivity contribution in [1.82, 2.24) is 9.80 Å². The average molecular weight is 346 g/mol. The molecule has 110 valence electrons. The van der Waals surface area contributed by atoms with Crippen LogP contribution in [0.2, 0.25) is 0 Å². The molecule has 1 aliphatic heterocycles. The first kappa shape index (κ1) is 15.2. The standard InChI is InChI=1S/C13H17BrFN3O2/c14-11-9-10(1-2-12(11)15)16-13(20)18-5-3-17(4-6-18)7-8-19/h1-2,9,19H,3-8H2,(H,16,20). The Morgan fingerprint density at radius 1 is 1.35 bits per heavy atom. The van der Waals surface area contributed by atoms with E-state index in [0.717, 1.165) is 13.1 Å². The van der Waals surface area contributed by atoms with Gasteiger partial charge in [0.2, 0.25) is 0 Å². The molecule has 20 heavy (non-hydrogen) atoms. The summed E-state index contributed by atoms with van der Waals surface area (Å²) < 4.78 is 13.4. The van der Waals surface area contributed by atoms with E-state index in [9.17, 15) is 9.18 Å². The number of aliphatic hydroxyl groups excluding tert-OH is 1. The highest BCUT2D eigenvalue weighted by Crippen LogP contribution is 2.20. The van der Waals surface area contributed by atoms with E-state index < -0.39 is 0 Å². The van der Waals surface area contributed by atoms with E-state index in [1.54, 1.807) is 4.90 Å². The van der Waals surface area contributed by atoms with Gasteiger partial charge in [-0.1, -0.05) is 0 Å². The van der Waals surface area contributed by atoms with Crippen LogP contribution in [0.5, 0.6) is 0 Å². The van der Waals surface area contributed by atoms with Gasteiger partial charge in [-0.25, -0.2) is 9.18 Å². The van der Waals surface area contributed by atoms with E-state index in [1.165, 1.54) is 18.2 Å². The number of nitrogens with zero attached hydrogens (tertiary/aromatic N) is 2. The minimum absolute atomic E-state index is 0.135. The van der Waals surface area contributed by atoms with Crippen molar-refractivity contribution in [1.29, 1.82) is 0 Å². The van der Waals surface area contributed by atoms with Gasteiger partial charge < -0.3 is 15.3 Å². The van der Waals surface area contributed by atoms with Crippen molar-refractivity contribution in [2.24, 2.45) is 0 Å². The first-order chi connectivity index (χ1) is 9.60. The summed E-state index contributed by atoms with van der Waals surface area (Å²) in [6.45, 7) is 3.51. The fourth-order valence-electron chi connectivity index (χ4n) is 2.09. The molecule has 2 rings (SSSR count). The number of carbonyl (C=O) groups excluding carboxylic acids is 1. The molecule has 1 aromatic rings. The van der Waals surface area contributed by atoms with E-state index >= 15 is 0 Å². The van der Waals surface area contributed by atoms with Crippen LogP contribution in [0.25, 0.3) is 0 Å². The monoisotopic (exact) mass is 345 g/mol. The van der Waals surface area contributed by atoms with Gasteiger partial charge in [-0.05, 0) is 34.1 Å². The molecule has 1 aromatic carbocycles. The largest absolute Gasteiger partial charge is 0.395 e. The SMILES string of the molecule is O=C(Nc1ccc(F)c(Br)c1)N1CCN(CCO)CC1. The molecule has 0 spiro atoms. The highest BCUT2D eigenvalue weighted by atomic mass is 79.9. The topological polar surface area (TPSA) is 55.8 Å². The highest BCUT2D eigenvalue weighted by molar-refractivity contribution is 9.10. The first-order valence-corrected chi connectivity index (χ1v) is 7.23. The molecule has 0 aliphatic carbocycles. The van der Waals surface area contributed by atoms with Crippen LogP contribution in [-0.2, 0) is 0 Å². The van der Waals surface area contributed by atoms with Crippen molar-refractivity contribution in [2.45, 2.75) is 0 Å². The number of piperazine rings is 1. The third kappa shape index (κ3) is 3.91. The van der Waals surface area contributed by atoms with Crippen molar-refractivity contribution in [3.63, 3.8) is 0 Å². The van der Waals surface area contributed by atoms with Crippen LogP contribution in [0, 0.1) is 5.82 Å². The molecule has 0 radical (unpaired) electrons. The molecule has 0 atom stereocenters. The van der Waals surface area contributed by atoms with Crippen molar-refractivity contribution >= 4 is 27.6 Å². The van der Waals surface area contributed by atoms with Gasteiger partial charge >= 0.3 is 6.03 Å². The summed E-state index contributed by atoms with van der Waals surface area (Å²) in [7, 11) is 0. The molecular formula is C13H17BrFN3O2. The number of hydrogen-bond acceptors (Lipinski definition) is 3. The number of benzene rings is 1. The predicted octanol–water partition coefficient (Wildman–Crippen LogP) is 1.73. The normalized spacial score (nSPS) is 16.2. The van der Waals surface area contributed by atoms with Crippen molar-refractivity contribution in [2.75, 3.05) is 44.6 Å². The second kappa shape index (κ2) is 7.01. The third-order valence-electron chi connectivity index (χ3n) is 3.25. The number of rotatable bonds is 3. The second-order valence-electron chi connectivity index (χ2n) is 4.61. The number of β-amino-alcohol motifs (C(OH)–C–C–N with tert-alkyl or cyclic N) is 1. The number of aliphatic hydroxyl groups is 1. The van der Waals surface area contributed by atoms with Crippen molar-refractivity contribution in [3.8, 4) is 0 Å². The zero-order valence-electron chi connectivity index (χ0n) is 11.0. The van der Waals surface area contributed by atoms with E-state index in [-0.39, 0.29) is 18.5 Å². The fraction of sp³-hybridized carbons (Fsp3) is 0.462. The van der Waals surface area contributed by atoms with Crippen LogP contribution in [0.1, 0.15) is 0 Å². The predicted molar refractivity (Wildman–Crippen MR) is 78.2 cm³/mol. The lowest BCUT2D eigenvalue weighted by atomic mass is 10.3. The van der Waals surface area contributed by atoms with Gasteiger partial charge in [0.1, 0.15) is 5.82 Å². The van der Waals surface area contributed by atoms with Gasteiger partial charge in [-0.2, -0.15) is 0 Å². The molecule has 2 amide bonds. The van der Waals surface area contributed by atoms with E-state index in [0.29, 0.717) is 29.8 Å². The molecule has 0 saturated carbocycles. The Morgan fingerprint density at radius 2 is 2.05 bits per heavy atom. The summed E-state index contributed by atoms with van der Waals surface area (Å²) in [5.74, 6) is -0.361. The molecule has 1 heterocycles. The van der Waals surface area contributed by atoms with Crippen molar-refractivity contribution in [3.05, 3.63) is 28.5 Å². The molecule has 7 heteroatoms. The number of anilines is 1. The number of nitrogens with one attached hydrogen (secondary N) is 1. The smallest absolute Gasteiger partial charge is 0.321 e. The summed E-state index contributed by atoms with van der Waals surface area (Å²) in [6.07, 6.45) is 0. The number of carbonyl (C=O) groups is 1.